The molecule has 5 heteroatoms. The van der Waals surface area contributed by atoms with Gasteiger partial charge in [-0.1, -0.05) is 0 Å². The Morgan fingerprint density at radius 1 is 1.23 bits per heavy atom. The predicted octanol–water partition coefficient (Wildman–Crippen LogP) is 1.77. The Bertz CT molecular complexity index is 401. The molecule has 0 saturated carbocycles. The summed E-state index contributed by atoms with van der Waals surface area (Å²) in [6, 6.07) is 0.334. The van der Waals surface area contributed by atoms with Gasteiger partial charge in [-0.25, -0.2) is 18.0 Å². The maximum atomic E-state index is 12.9. The van der Waals surface area contributed by atoms with E-state index in [2.05, 4.69) is 4.74 Å². The zero-order chi connectivity index (χ0) is 9.59. The van der Waals surface area contributed by atoms with E-state index in [1.165, 1.54) is 0 Å². The second-order valence-corrected chi connectivity index (χ2v) is 2.58. The van der Waals surface area contributed by atoms with Crippen LogP contribution in [-0.4, -0.2) is 5.97 Å². The Labute approximate surface area is 70.9 Å². The highest BCUT2D eigenvalue weighted by molar-refractivity contribution is 5.93. The lowest BCUT2D eigenvalue weighted by atomic mass is 10.1. The first-order valence-corrected chi connectivity index (χ1v) is 3.44. The number of esters is 1. The van der Waals surface area contributed by atoms with E-state index >= 15 is 0 Å². The van der Waals surface area contributed by atoms with Crippen LogP contribution in [0.3, 0.4) is 0 Å². The van der Waals surface area contributed by atoms with Crippen molar-refractivity contribution in [1.82, 2.24) is 0 Å². The molecule has 68 valence electrons. The summed E-state index contributed by atoms with van der Waals surface area (Å²) in [5.41, 5.74) is -0.846. The quantitative estimate of drug-likeness (QED) is 0.458. The summed E-state index contributed by atoms with van der Waals surface area (Å²) in [4.78, 5) is 10.8. The predicted molar refractivity (Wildman–Crippen MR) is 35.4 cm³/mol. The van der Waals surface area contributed by atoms with Crippen molar-refractivity contribution in [3.8, 4) is 0 Å². The van der Waals surface area contributed by atoms with E-state index in [1.807, 2.05) is 0 Å². The molecule has 0 bridgehead atoms. The molecule has 1 aliphatic heterocycles. The first-order chi connectivity index (χ1) is 6.11. The number of carbonyl (C=O) groups is 1. The van der Waals surface area contributed by atoms with E-state index in [-0.39, 0.29) is 5.56 Å². The van der Waals surface area contributed by atoms with E-state index < -0.39 is 35.6 Å². The van der Waals surface area contributed by atoms with Crippen LogP contribution in [0.25, 0.3) is 0 Å². The molecule has 0 unspecified atom stereocenters. The molecular formula is C8H3F3O2. The molecule has 0 fully saturated rings. The number of benzene rings is 1. The number of cyclic esters (lactones) is 1. The Morgan fingerprint density at radius 2 is 1.92 bits per heavy atom. The Morgan fingerprint density at radius 3 is 2.62 bits per heavy atom. The summed E-state index contributed by atoms with van der Waals surface area (Å²) < 4.78 is 42.7. The first-order valence-electron chi connectivity index (χ1n) is 3.44. The zero-order valence-corrected chi connectivity index (χ0v) is 6.23. The molecule has 0 saturated heterocycles. The normalized spacial score (nSPS) is 14.2. The molecule has 1 aromatic rings. The first kappa shape index (κ1) is 8.10. The van der Waals surface area contributed by atoms with Crippen molar-refractivity contribution in [2.75, 3.05) is 0 Å². The van der Waals surface area contributed by atoms with Crippen molar-refractivity contribution in [3.05, 3.63) is 34.6 Å². The van der Waals surface area contributed by atoms with Gasteiger partial charge >= 0.3 is 5.97 Å². The largest absolute Gasteiger partial charge is 0.457 e. The van der Waals surface area contributed by atoms with Crippen LogP contribution < -0.4 is 0 Å². The van der Waals surface area contributed by atoms with Crippen molar-refractivity contribution in [1.29, 1.82) is 0 Å². The number of hydrogen-bond donors (Lipinski definition) is 0. The fourth-order valence-electron chi connectivity index (χ4n) is 1.21. The fourth-order valence-corrected chi connectivity index (χ4v) is 1.21. The van der Waals surface area contributed by atoms with Crippen LogP contribution in [0.15, 0.2) is 6.07 Å². The fraction of sp³-hybridized carbons (Fsp3) is 0.125. The lowest BCUT2D eigenvalue weighted by Crippen LogP contribution is -2.01. The molecule has 0 radical (unpaired) electrons. The topological polar surface area (TPSA) is 26.3 Å². The lowest BCUT2D eigenvalue weighted by Gasteiger charge is -1.98. The number of carbonyl (C=O) groups excluding carboxylic acids is 1. The van der Waals surface area contributed by atoms with Gasteiger partial charge in [0.2, 0.25) is 0 Å². The van der Waals surface area contributed by atoms with Gasteiger partial charge in [-0.3, -0.25) is 0 Å². The van der Waals surface area contributed by atoms with Gasteiger partial charge in [0, 0.05) is 11.6 Å². The van der Waals surface area contributed by atoms with Crippen LogP contribution in [0.2, 0.25) is 0 Å². The number of hydrogen-bond acceptors (Lipinski definition) is 2. The minimum absolute atomic E-state index is 0.334. The number of rotatable bonds is 0. The van der Waals surface area contributed by atoms with Crippen molar-refractivity contribution in [3.63, 3.8) is 0 Å². The highest BCUT2D eigenvalue weighted by Gasteiger charge is 2.30. The van der Waals surface area contributed by atoms with Gasteiger partial charge in [-0.2, -0.15) is 0 Å². The van der Waals surface area contributed by atoms with E-state index in [0.717, 1.165) is 0 Å². The van der Waals surface area contributed by atoms with Crippen molar-refractivity contribution >= 4 is 5.97 Å². The van der Waals surface area contributed by atoms with Gasteiger partial charge in [0.1, 0.15) is 18.0 Å². The summed E-state index contributed by atoms with van der Waals surface area (Å²) >= 11 is 0. The summed E-state index contributed by atoms with van der Waals surface area (Å²) in [6.45, 7) is -0.408. The van der Waals surface area contributed by atoms with Gasteiger partial charge in [-0.15, -0.1) is 0 Å². The minimum Gasteiger partial charge on any atom is -0.457 e. The maximum absolute atomic E-state index is 12.9. The number of halogens is 3. The molecule has 1 aliphatic rings. The average molecular weight is 188 g/mol. The summed E-state index contributed by atoms with van der Waals surface area (Å²) in [5.74, 6) is -4.57. The molecule has 0 spiro atoms. The molecule has 2 nitrogen and oxygen atoms in total. The monoisotopic (exact) mass is 188 g/mol. The molecule has 0 amide bonds. The second kappa shape index (κ2) is 2.48. The Hall–Kier alpha value is -1.52. The molecule has 0 aliphatic carbocycles. The molecule has 1 aromatic carbocycles. The molecule has 0 atom stereocenters. The van der Waals surface area contributed by atoms with E-state index in [4.69, 9.17) is 0 Å². The van der Waals surface area contributed by atoms with Gasteiger partial charge in [0.15, 0.2) is 11.6 Å². The minimum atomic E-state index is -1.31. The Balaban J connectivity index is 2.76. The summed E-state index contributed by atoms with van der Waals surface area (Å²) in [6.07, 6.45) is 0. The van der Waals surface area contributed by atoms with Crippen LogP contribution >= 0.6 is 0 Å². The van der Waals surface area contributed by atoms with E-state index in [0.29, 0.717) is 6.07 Å². The SMILES string of the molecule is O=C1OCc2c(F)c(F)cc(F)c21. The Kier molecular flexibility index (Phi) is 1.55. The van der Waals surface area contributed by atoms with Crippen molar-refractivity contribution in [2.24, 2.45) is 0 Å². The zero-order valence-electron chi connectivity index (χ0n) is 6.23. The van der Waals surface area contributed by atoms with Gasteiger partial charge in [0.05, 0.1) is 0 Å². The van der Waals surface area contributed by atoms with E-state index in [1.54, 1.807) is 0 Å². The van der Waals surface area contributed by atoms with Crippen LogP contribution in [0.4, 0.5) is 13.2 Å². The highest BCUT2D eigenvalue weighted by Crippen LogP contribution is 2.26. The average Bonchev–Trinajstić information content (AvgIpc) is 2.44. The molecule has 1 heterocycles. The maximum Gasteiger partial charge on any atom is 0.341 e. The highest BCUT2D eigenvalue weighted by atomic mass is 19.2. The standard InChI is InChI=1S/C8H3F3O2/c9-4-1-5(10)7(11)3-2-13-8(12)6(3)4/h1H,2H2. The van der Waals surface area contributed by atoms with Crippen molar-refractivity contribution < 1.29 is 22.7 Å². The molecule has 13 heavy (non-hydrogen) atoms. The third kappa shape index (κ3) is 0.998. The molecular weight excluding hydrogens is 185 g/mol. The lowest BCUT2D eigenvalue weighted by molar-refractivity contribution is 0.0530. The van der Waals surface area contributed by atoms with Crippen LogP contribution in [0.1, 0.15) is 15.9 Å². The van der Waals surface area contributed by atoms with Crippen molar-refractivity contribution in [2.45, 2.75) is 6.61 Å². The molecule has 0 aromatic heterocycles. The van der Waals surface area contributed by atoms with Crippen LogP contribution in [-0.2, 0) is 11.3 Å². The molecule has 2 rings (SSSR count). The number of ether oxygens (including phenoxy) is 1. The van der Waals surface area contributed by atoms with Gasteiger partial charge < -0.3 is 4.74 Å². The number of fused-ring (bicyclic) bond motifs is 1. The summed E-state index contributed by atoms with van der Waals surface area (Å²) in [7, 11) is 0. The smallest absolute Gasteiger partial charge is 0.341 e. The van der Waals surface area contributed by atoms with Gasteiger partial charge in [-0.05, 0) is 0 Å². The molecule has 0 N–H and O–H groups in total. The van der Waals surface area contributed by atoms with Crippen LogP contribution in [0, 0.1) is 17.5 Å². The summed E-state index contributed by atoms with van der Waals surface area (Å²) in [5, 5.41) is 0. The third-order valence-corrected chi connectivity index (χ3v) is 1.82. The second-order valence-electron chi connectivity index (χ2n) is 2.58. The van der Waals surface area contributed by atoms with Gasteiger partial charge in [0.25, 0.3) is 0 Å². The van der Waals surface area contributed by atoms with E-state index in [9.17, 15) is 18.0 Å². The third-order valence-electron chi connectivity index (χ3n) is 1.82. The van der Waals surface area contributed by atoms with Crippen LogP contribution in [0.5, 0.6) is 0 Å².